The molecule has 3 N–H and O–H groups in total. The van der Waals surface area contributed by atoms with Gasteiger partial charge in [-0.05, 0) is 50.2 Å². The predicted octanol–water partition coefficient (Wildman–Crippen LogP) is 3.85. The van der Waals surface area contributed by atoms with Gasteiger partial charge in [0.25, 0.3) is 0 Å². The summed E-state index contributed by atoms with van der Waals surface area (Å²) >= 11 is 5.84. The number of nitrogens with one attached hydrogen (secondary N) is 1. The summed E-state index contributed by atoms with van der Waals surface area (Å²) in [6.45, 7) is 3.98. The average molecular weight is 278 g/mol. The van der Waals surface area contributed by atoms with E-state index in [1.807, 2.05) is 38.1 Å². The molecule has 4 nitrogen and oxygen atoms in total. The second kappa shape index (κ2) is 5.80. The van der Waals surface area contributed by atoms with Crippen LogP contribution in [0.4, 0.5) is 17.2 Å². The molecule has 0 saturated carbocycles. The van der Waals surface area contributed by atoms with Crippen molar-refractivity contribution in [2.45, 2.75) is 20.0 Å². The van der Waals surface area contributed by atoms with Gasteiger partial charge in [0.05, 0.1) is 11.8 Å². The van der Waals surface area contributed by atoms with Gasteiger partial charge in [-0.15, -0.1) is 0 Å². The summed E-state index contributed by atoms with van der Waals surface area (Å²) in [7, 11) is 0. The number of nitrogens with two attached hydrogens (primary N) is 1. The first kappa shape index (κ1) is 13.5. The maximum Gasteiger partial charge on any atom is 0.155 e. The number of ether oxygens (including phenoxy) is 1. The summed E-state index contributed by atoms with van der Waals surface area (Å²) in [5.41, 5.74) is 7.25. The Kier molecular flexibility index (Phi) is 4.12. The lowest BCUT2D eigenvalue weighted by molar-refractivity contribution is 0.242. The number of rotatable bonds is 4. The van der Waals surface area contributed by atoms with Crippen LogP contribution in [0.1, 0.15) is 13.8 Å². The van der Waals surface area contributed by atoms with Gasteiger partial charge in [-0.25, -0.2) is 4.98 Å². The number of pyridine rings is 1. The van der Waals surface area contributed by atoms with Crippen LogP contribution < -0.4 is 15.8 Å². The molecule has 0 amide bonds. The number of hydrogen-bond acceptors (Lipinski definition) is 4. The Morgan fingerprint density at radius 2 is 1.84 bits per heavy atom. The van der Waals surface area contributed by atoms with E-state index in [-0.39, 0.29) is 6.10 Å². The van der Waals surface area contributed by atoms with Crippen LogP contribution in [-0.2, 0) is 0 Å². The van der Waals surface area contributed by atoms with Crippen LogP contribution in [0.2, 0.25) is 5.15 Å². The number of anilines is 3. The molecule has 0 spiro atoms. The Hall–Kier alpha value is -1.94. The minimum atomic E-state index is 0.157. The Labute approximate surface area is 117 Å². The first-order valence-electron chi connectivity index (χ1n) is 6.00. The van der Waals surface area contributed by atoms with Gasteiger partial charge in [-0.2, -0.15) is 0 Å². The van der Waals surface area contributed by atoms with E-state index in [0.29, 0.717) is 16.7 Å². The van der Waals surface area contributed by atoms with Crippen LogP contribution >= 0.6 is 11.6 Å². The van der Waals surface area contributed by atoms with E-state index in [4.69, 9.17) is 22.1 Å². The summed E-state index contributed by atoms with van der Waals surface area (Å²) < 4.78 is 5.57. The Morgan fingerprint density at radius 1 is 1.16 bits per heavy atom. The monoisotopic (exact) mass is 277 g/mol. The van der Waals surface area contributed by atoms with E-state index in [1.165, 1.54) is 0 Å². The minimum absolute atomic E-state index is 0.157. The largest absolute Gasteiger partial charge is 0.491 e. The van der Waals surface area contributed by atoms with Crippen molar-refractivity contribution in [3.63, 3.8) is 0 Å². The number of nitrogens with zero attached hydrogens (tertiary/aromatic N) is 1. The first-order chi connectivity index (χ1) is 9.04. The summed E-state index contributed by atoms with van der Waals surface area (Å²) in [6.07, 6.45) is 0.157. The molecule has 0 saturated heterocycles. The second-order valence-corrected chi connectivity index (χ2v) is 4.78. The van der Waals surface area contributed by atoms with E-state index in [2.05, 4.69) is 10.3 Å². The second-order valence-electron chi connectivity index (χ2n) is 4.39. The third kappa shape index (κ3) is 3.76. The van der Waals surface area contributed by atoms with Gasteiger partial charge in [-0.1, -0.05) is 11.6 Å². The van der Waals surface area contributed by atoms with Crippen molar-refractivity contribution in [1.82, 2.24) is 4.98 Å². The first-order valence-corrected chi connectivity index (χ1v) is 6.38. The third-order valence-corrected chi connectivity index (χ3v) is 2.59. The molecule has 0 bridgehead atoms. The van der Waals surface area contributed by atoms with Crippen LogP contribution in [0.3, 0.4) is 0 Å². The highest BCUT2D eigenvalue weighted by Gasteiger charge is 2.03. The number of aromatic nitrogens is 1. The number of hydrogen-bond donors (Lipinski definition) is 2. The number of halogens is 1. The van der Waals surface area contributed by atoms with Crippen molar-refractivity contribution < 1.29 is 4.74 Å². The van der Waals surface area contributed by atoms with Gasteiger partial charge in [0.1, 0.15) is 10.9 Å². The molecule has 2 rings (SSSR count). The maximum atomic E-state index is 5.84. The highest BCUT2D eigenvalue weighted by atomic mass is 35.5. The Balaban J connectivity index is 2.13. The zero-order valence-electron chi connectivity index (χ0n) is 10.9. The summed E-state index contributed by atoms with van der Waals surface area (Å²) in [4.78, 5) is 4.14. The summed E-state index contributed by atoms with van der Waals surface area (Å²) in [6, 6.07) is 11.0. The van der Waals surface area contributed by atoms with Gasteiger partial charge in [-0.3, -0.25) is 0 Å². The lowest BCUT2D eigenvalue weighted by Gasteiger charge is -2.11. The molecule has 5 heteroatoms. The van der Waals surface area contributed by atoms with Crippen molar-refractivity contribution >= 4 is 28.8 Å². The maximum absolute atomic E-state index is 5.84. The molecule has 1 aromatic heterocycles. The molecule has 0 atom stereocenters. The van der Waals surface area contributed by atoms with Crippen LogP contribution in [0.15, 0.2) is 36.4 Å². The SMILES string of the molecule is CC(C)Oc1ccc(Nc2nc(Cl)ccc2N)cc1. The number of nitrogen functional groups attached to an aromatic ring is 1. The van der Waals surface area contributed by atoms with E-state index in [0.717, 1.165) is 11.4 Å². The molecule has 2 aromatic rings. The van der Waals surface area contributed by atoms with Gasteiger partial charge < -0.3 is 15.8 Å². The van der Waals surface area contributed by atoms with E-state index >= 15 is 0 Å². The smallest absolute Gasteiger partial charge is 0.155 e. The van der Waals surface area contributed by atoms with E-state index < -0.39 is 0 Å². The van der Waals surface area contributed by atoms with Crippen molar-refractivity contribution in [3.8, 4) is 5.75 Å². The topological polar surface area (TPSA) is 60.2 Å². The molecule has 0 aliphatic carbocycles. The van der Waals surface area contributed by atoms with Gasteiger partial charge in [0, 0.05) is 5.69 Å². The van der Waals surface area contributed by atoms with Gasteiger partial charge in [0.15, 0.2) is 5.82 Å². The van der Waals surface area contributed by atoms with Crippen molar-refractivity contribution in [2.75, 3.05) is 11.1 Å². The summed E-state index contributed by atoms with van der Waals surface area (Å²) in [5, 5.41) is 3.52. The minimum Gasteiger partial charge on any atom is -0.491 e. The fourth-order valence-corrected chi connectivity index (χ4v) is 1.72. The Bertz CT molecular complexity index is 555. The fourth-order valence-electron chi connectivity index (χ4n) is 1.57. The van der Waals surface area contributed by atoms with E-state index in [1.54, 1.807) is 12.1 Å². The lowest BCUT2D eigenvalue weighted by Crippen LogP contribution is -2.05. The van der Waals surface area contributed by atoms with Crippen LogP contribution in [0.25, 0.3) is 0 Å². The summed E-state index contributed by atoms with van der Waals surface area (Å²) in [5.74, 6) is 1.37. The zero-order valence-corrected chi connectivity index (χ0v) is 11.6. The van der Waals surface area contributed by atoms with Crippen LogP contribution in [0, 0.1) is 0 Å². The van der Waals surface area contributed by atoms with Crippen molar-refractivity contribution in [2.24, 2.45) is 0 Å². The quantitative estimate of drug-likeness (QED) is 0.834. The molecule has 1 heterocycles. The molecule has 0 aliphatic heterocycles. The molecule has 1 aromatic carbocycles. The fraction of sp³-hybridized carbons (Fsp3) is 0.214. The molecule has 0 aliphatic rings. The molecule has 0 fully saturated rings. The van der Waals surface area contributed by atoms with Crippen molar-refractivity contribution in [1.29, 1.82) is 0 Å². The van der Waals surface area contributed by atoms with Gasteiger partial charge in [0.2, 0.25) is 0 Å². The third-order valence-electron chi connectivity index (χ3n) is 2.38. The van der Waals surface area contributed by atoms with E-state index in [9.17, 15) is 0 Å². The highest BCUT2D eigenvalue weighted by molar-refractivity contribution is 6.29. The van der Waals surface area contributed by atoms with Crippen LogP contribution in [0.5, 0.6) is 5.75 Å². The van der Waals surface area contributed by atoms with Crippen LogP contribution in [-0.4, -0.2) is 11.1 Å². The molecule has 100 valence electrons. The molecule has 19 heavy (non-hydrogen) atoms. The van der Waals surface area contributed by atoms with Crippen molar-refractivity contribution in [3.05, 3.63) is 41.6 Å². The number of benzene rings is 1. The predicted molar refractivity (Wildman–Crippen MR) is 79.1 cm³/mol. The molecular formula is C14H16ClN3O. The molecule has 0 radical (unpaired) electrons. The normalized spacial score (nSPS) is 10.5. The Morgan fingerprint density at radius 3 is 2.47 bits per heavy atom. The zero-order chi connectivity index (χ0) is 13.8. The molecular weight excluding hydrogens is 262 g/mol. The standard InChI is InChI=1S/C14H16ClN3O/c1-9(2)19-11-5-3-10(4-6-11)17-14-12(16)7-8-13(15)18-14/h3-9H,16H2,1-2H3,(H,17,18). The lowest BCUT2D eigenvalue weighted by atomic mass is 10.3. The van der Waals surface area contributed by atoms with Gasteiger partial charge >= 0.3 is 0 Å². The molecule has 0 unspecified atom stereocenters. The highest BCUT2D eigenvalue weighted by Crippen LogP contribution is 2.24. The average Bonchev–Trinajstić information content (AvgIpc) is 2.35.